The standard InChI is InChI=1S/C16H18N2O2/c1-20-16(19)13-7-3-2-6-12(13)10-18-11-17-14-8-4-5-9-15(14)18/h2-3,6-7,11H,4-5,8-10H2,1H3. The second-order valence-corrected chi connectivity index (χ2v) is 5.12. The molecule has 1 aromatic heterocycles. The summed E-state index contributed by atoms with van der Waals surface area (Å²) in [6.45, 7) is 0.674. The van der Waals surface area contributed by atoms with Gasteiger partial charge >= 0.3 is 5.97 Å². The molecule has 3 rings (SSSR count). The molecule has 0 spiro atoms. The molecule has 1 aliphatic rings. The van der Waals surface area contributed by atoms with Gasteiger partial charge in [0.1, 0.15) is 0 Å². The number of aromatic nitrogens is 2. The fraction of sp³-hybridized carbons (Fsp3) is 0.375. The Labute approximate surface area is 118 Å². The first-order valence-electron chi connectivity index (χ1n) is 6.98. The molecule has 1 aliphatic carbocycles. The summed E-state index contributed by atoms with van der Waals surface area (Å²) in [6, 6.07) is 7.59. The van der Waals surface area contributed by atoms with Crippen molar-refractivity contribution in [2.45, 2.75) is 32.2 Å². The molecule has 0 N–H and O–H groups in total. The van der Waals surface area contributed by atoms with Crippen molar-refractivity contribution in [1.29, 1.82) is 0 Å². The average molecular weight is 270 g/mol. The van der Waals surface area contributed by atoms with Gasteiger partial charge in [0.15, 0.2) is 0 Å². The first-order chi connectivity index (χ1) is 9.79. The minimum absolute atomic E-state index is 0.283. The monoisotopic (exact) mass is 270 g/mol. The number of hydrogen-bond donors (Lipinski definition) is 0. The van der Waals surface area contributed by atoms with Crippen LogP contribution in [0.25, 0.3) is 0 Å². The van der Waals surface area contributed by atoms with E-state index in [0.29, 0.717) is 12.1 Å². The second kappa shape index (κ2) is 5.49. The van der Waals surface area contributed by atoms with E-state index in [1.165, 1.54) is 31.3 Å². The fourth-order valence-corrected chi connectivity index (χ4v) is 2.82. The molecule has 0 aliphatic heterocycles. The molecule has 4 nitrogen and oxygen atoms in total. The van der Waals surface area contributed by atoms with Crippen molar-refractivity contribution in [1.82, 2.24) is 9.55 Å². The highest BCUT2D eigenvalue weighted by atomic mass is 16.5. The van der Waals surface area contributed by atoms with Gasteiger partial charge in [0.2, 0.25) is 0 Å². The van der Waals surface area contributed by atoms with E-state index in [-0.39, 0.29) is 5.97 Å². The van der Waals surface area contributed by atoms with Gasteiger partial charge in [-0.2, -0.15) is 0 Å². The number of benzene rings is 1. The number of esters is 1. The largest absolute Gasteiger partial charge is 0.465 e. The molecule has 2 aromatic rings. The third-order valence-electron chi connectivity index (χ3n) is 3.87. The molecule has 104 valence electrons. The number of methoxy groups -OCH3 is 1. The number of hydrogen-bond acceptors (Lipinski definition) is 3. The van der Waals surface area contributed by atoms with E-state index in [4.69, 9.17) is 4.74 Å². The van der Waals surface area contributed by atoms with Gasteiger partial charge in [-0.25, -0.2) is 9.78 Å². The summed E-state index contributed by atoms with van der Waals surface area (Å²) in [6.07, 6.45) is 6.49. The zero-order valence-electron chi connectivity index (χ0n) is 11.6. The van der Waals surface area contributed by atoms with E-state index in [0.717, 1.165) is 18.4 Å². The van der Waals surface area contributed by atoms with Crippen molar-refractivity contribution < 1.29 is 9.53 Å². The lowest BCUT2D eigenvalue weighted by molar-refractivity contribution is 0.0599. The number of aryl methyl sites for hydroxylation is 1. The lowest BCUT2D eigenvalue weighted by Crippen LogP contribution is -2.12. The Morgan fingerprint density at radius 2 is 2.10 bits per heavy atom. The second-order valence-electron chi connectivity index (χ2n) is 5.12. The van der Waals surface area contributed by atoms with Crippen molar-refractivity contribution in [3.8, 4) is 0 Å². The predicted molar refractivity (Wildman–Crippen MR) is 75.8 cm³/mol. The quantitative estimate of drug-likeness (QED) is 0.805. The Hall–Kier alpha value is -2.10. The van der Waals surface area contributed by atoms with Crippen molar-refractivity contribution >= 4 is 5.97 Å². The molecular weight excluding hydrogens is 252 g/mol. The van der Waals surface area contributed by atoms with Crippen LogP contribution in [0.3, 0.4) is 0 Å². The highest BCUT2D eigenvalue weighted by Crippen LogP contribution is 2.21. The zero-order chi connectivity index (χ0) is 13.9. The van der Waals surface area contributed by atoms with Gasteiger partial charge in [-0.05, 0) is 37.3 Å². The Morgan fingerprint density at radius 1 is 1.30 bits per heavy atom. The topological polar surface area (TPSA) is 44.1 Å². The maximum atomic E-state index is 11.8. The van der Waals surface area contributed by atoms with Gasteiger partial charge in [-0.3, -0.25) is 0 Å². The number of imidazole rings is 1. The van der Waals surface area contributed by atoms with Crippen LogP contribution in [0.5, 0.6) is 0 Å². The summed E-state index contributed by atoms with van der Waals surface area (Å²) >= 11 is 0. The lowest BCUT2D eigenvalue weighted by atomic mass is 10.0. The van der Waals surface area contributed by atoms with Crippen LogP contribution in [-0.2, 0) is 24.1 Å². The summed E-state index contributed by atoms with van der Waals surface area (Å²) in [7, 11) is 1.41. The summed E-state index contributed by atoms with van der Waals surface area (Å²) in [5.74, 6) is -0.283. The van der Waals surface area contributed by atoms with Crippen LogP contribution in [0.2, 0.25) is 0 Å². The Kier molecular flexibility index (Phi) is 3.54. The Morgan fingerprint density at radius 3 is 2.95 bits per heavy atom. The van der Waals surface area contributed by atoms with Crippen LogP contribution >= 0.6 is 0 Å². The van der Waals surface area contributed by atoms with E-state index in [9.17, 15) is 4.79 Å². The molecule has 0 amide bonds. The average Bonchev–Trinajstić information content (AvgIpc) is 2.90. The van der Waals surface area contributed by atoms with Gasteiger partial charge in [0.05, 0.1) is 24.7 Å². The number of carbonyl (C=O) groups is 1. The maximum Gasteiger partial charge on any atom is 0.338 e. The number of rotatable bonds is 3. The summed E-state index contributed by atoms with van der Waals surface area (Å²) in [4.78, 5) is 16.3. The number of fused-ring (bicyclic) bond motifs is 1. The van der Waals surface area contributed by atoms with Crippen molar-refractivity contribution in [3.63, 3.8) is 0 Å². The van der Waals surface area contributed by atoms with Gasteiger partial charge in [-0.15, -0.1) is 0 Å². The lowest BCUT2D eigenvalue weighted by Gasteiger charge is -2.15. The highest BCUT2D eigenvalue weighted by molar-refractivity contribution is 5.90. The number of nitrogens with zero attached hydrogens (tertiary/aromatic N) is 2. The number of carbonyl (C=O) groups excluding carboxylic acids is 1. The van der Waals surface area contributed by atoms with E-state index in [1.54, 1.807) is 0 Å². The highest BCUT2D eigenvalue weighted by Gasteiger charge is 2.17. The molecule has 1 aromatic carbocycles. The minimum Gasteiger partial charge on any atom is -0.465 e. The first kappa shape index (κ1) is 12.9. The molecule has 0 unspecified atom stereocenters. The molecule has 0 bridgehead atoms. The van der Waals surface area contributed by atoms with E-state index < -0.39 is 0 Å². The third-order valence-corrected chi connectivity index (χ3v) is 3.87. The molecule has 0 saturated carbocycles. The zero-order valence-corrected chi connectivity index (χ0v) is 11.6. The molecule has 0 radical (unpaired) electrons. The molecule has 0 fully saturated rings. The van der Waals surface area contributed by atoms with Crippen molar-refractivity contribution in [2.75, 3.05) is 7.11 Å². The van der Waals surface area contributed by atoms with E-state index in [1.807, 2.05) is 30.6 Å². The minimum atomic E-state index is -0.283. The molecule has 0 atom stereocenters. The smallest absolute Gasteiger partial charge is 0.338 e. The SMILES string of the molecule is COC(=O)c1ccccc1Cn1cnc2c1CCCC2. The Balaban J connectivity index is 1.92. The van der Waals surface area contributed by atoms with Crippen LogP contribution in [-0.4, -0.2) is 22.6 Å². The fourth-order valence-electron chi connectivity index (χ4n) is 2.82. The van der Waals surface area contributed by atoms with Crippen molar-refractivity contribution in [2.24, 2.45) is 0 Å². The van der Waals surface area contributed by atoms with Crippen LogP contribution < -0.4 is 0 Å². The molecule has 0 saturated heterocycles. The van der Waals surface area contributed by atoms with Crippen LogP contribution in [0.15, 0.2) is 30.6 Å². The van der Waals surface area contributed by atoms with Gasteiger partial charge in [0, 0.05) is 12.2 Å². The van der Waals surface area contributed by atoms with Gasteiger partial charge in [0.25, 0.3) is 0 Å². The van der Waals surface area contributed by atoms with E-state index >= 15 is 0 Å². The molecule has 1 heterocycles. The summed E-state index contributed by atoms with van der Waals surface area (Å²) < 4.78 is 7.01. The van der Waals surface area contributed by atoms with Gasteiger partial charge < -0.3 is 9.30 Å². The normalized spacial score (nSPS) is 13.8. The summed E-state index contributed by atoms with van der Waals surface area (Å²) in [5, 5.41) is 0. The molecule has 4 heteroatoms. The first-order valence-corrected chi connectivity index (χ1v) is 6.98. The van der Waals surface area contributed by atoms with Gasteiger partial charge in [-0.1, -0.05) is 18.2 Å². The molecular formula is C16H18N2O2. The molecule has 20 heavy (non-hydrogen) atoms. The predicted octanol–water partition coefficient (Wildman–Crippen LogP) is 2.60. The van der Waals surface area contributed by atoms with Crippen LogP contribution in [0.4, 0.5) is 0 Å². The number of ether oxygens (including phenoxy) is 1. The van der Waals surface area contributed by atoms with E-state index in [2.05, 4.69) is 9.55 Å². The van der Waals surface area contributed by atoms with Crippen molar-refractivity contribution in [3.05, 3.63) is 53.1 Å². The van der Waals surface area contributed by atoms with Crippen LogP contribution in [0.1, 0.15) is 40.2 Å². The van der Waals surface area contributed by atoms with Crippen LogP contribution in [0, 0.1) is 0 Å². The summed E-state index contributed by atoms with van der Waals surface area (Å²) in [5.41, 5.74) is 4.14. The third kappa shape index (κ3) is 2.33. The Bertz CT molecular complexity index is 631. The maximum absolute atomic E-state index is 11.8.